The fourth-order valence-electron chi connectivity index (χ4n) is 1.90. The van der Waals surface area contributed by atoms with E-state index in [9.17, 15) is 10.1 Å². The van der Waals surface area contributed by atoms with Crippen LogP contribution in [0.3, 0.4) is 0 Å². The highest BCUT2D eigenvalue weighted by atomic mass is 32.2. The van der Waals surface area contributed by atoms with Gasteiger partial charge in [0, 0.05) is 16.2 Å². The predicted octanol–water partition coefficient (Wildman–Crippen LogP) is 3.98. The SMILES string of the molecule is CCOC(=O)c1sc(N)c(C#N)c1CSc1ccc(C)cc1. The number of carbonyl (C=O) groups is 1. The lowest BCUT2D eigenvalue weighted by atomic mass is 10.2. The molecule has 0 fully saturated rings. The highest BCUT2D eigenvalue weighted by Gasteiger charge is 2.22. The second kappa shape index (κ2) is 7.34. The van der Waals surface area contributed by atoms with E-state index in [0.717, 1.165) is 16.2 Å². The Labute approximate surface area is 137 Å². The third-order valence-electron chi connectivity index (χ3n) is 3.01. The van der Waals surface area contributed by atoms with Gasteiger partial charge in [-0.2, -0.15) is 5.26 Å². The van der Waals surface area contributed by atoms with E-state index in [1.807, 2.05) is 31.2 Å². The van der Waals surface area contributed by atoms with Crippen molar-refractivity contribution in [1.29, 1.82) is 5.26 Å². The third kappa shape index (κ3) is 3.62. The normalized spacial score (nSPS) is 10.2. The molecule has 0 saturated heterocycles. The van der Waals surface area contributed by atoms with Crippen molar-refractivity contribution < 1.29 is 9.53 Å². The van der Waals surface area contributed by atoms with Crippen molar-refractivity contribution in [3.8, 4) is 6.07 Å². The number of nitriles is 1. The van der Waals surface area contributed by atoms with Gasteiger partial charge in [-0.3, -0.25) is 0 Å². The van der Waals surface area contributed by atoms with Crippen molar-refractivity contribution in [2.75, 3.05) is 12.3 Å². The summed E-state index contributed by atoms with van der Waals surface area (Å²) in [6.07, 6.45) is 0. The van der Waals surface area contributed by atoms with E-state index in [1.165, 1.54) is 5.56 Å². The van der Waals surface area contributed by atoms with Crippen molar-refractivity contribution in [3.05, 3.63) is 45.8 Å². The minimum atomic E-state index is -0.416. The van der Waals surface area contributed by atoms with Crippen LogP contribution in [0.4, 0.5) is 5.00 Å². The van der Waals surface area contributed by atoms with Gasteiger partial charge in [-0.25, -0.2) is 4.79 Å². The average Bonchev–Trinajstić information content (AvgIpc) is 2.83. The molecule has 0 aliphatic carbocycles. The smallest absolute Gasteiger partial charge is 0.348 e. The number of nitrogens with zero attached hydrogens (tertiary/aromatic N) is 1. The molecule has 4 nitrogen and oxygen atoms in total. The van der Waals surface area contributed by atoms with E-state index in [2.05, 4.69) is 6.07 Å². The van der Waals surface area contributed by atoms with E-state index in [0.29, 0.717) is 33.4 Å². The topological polar surface area (TPSA) is 76.1 Å². The van der Waals surface area contributed by atoms with Crippen molar-refractivity contribution in [2.45, 2.75) is 24.5 Å². The number of anilines is 1. The minimum absolute atomic E-state index is 0.295. The van der Waals surface area contributed by atoms with Crippen LogP contribution in [-0.4, -0.2) is 12.6 Å². The van der Waals surface area contributed by atoms with Gasteiger partial charge in [-0.1, -0.05) is 17.7 Å². The number of esters is 1. The number of aryl methyl sites for hydroxylation is 1. The van der Waals surface area contributed by atoms with E-state index < -0.39 is 5.97 Å². The molecule has 0 saturated carbocycles. The van der Waals surface area contributed by atoms with Crippen LogP contribution in [0.5, 0.6) is 0 Å². The van der Waals surface area contributed by atoms with Crippen LogP contribution in [0.1, 0.15) is 33.3 Å². The molecular formula is C16H16N2O2S2. The third-order valence-corrected chi connectivity index (χ3v) is 5.09. The van der Waals surface area contributed by atoms with Gasteiger partial charge in [-0.05, 0) is 26.0 Å². The lowest BCUT2D eigenvalue weighted by Gasteiger charge is -2.05. The second-order valence-corrected chi connectivity index (χ2v) is 6.68. The van der Waals surface area contributed by atoms with E-state index in [4.69, 9.17) is 10.5 Å². The lowest BCUT2D eigenvalue weighted by Crippen LogP contribution is -2.05. The molecule has 0 spiro atoms. The lowest BCUT2D eigenvalue weighted by molar-refractivity contribution is 0.0531. The van der Waals surface area contributed by atoms with Gasteiger partial charge in [-0.15, -0.1) is 23.1 Å². The average molecular weight is 332 g/mol. The number of thiophene rings is 1. The van der Waals surface area contributed by atoms with Crippen molar-refractivity contribution in [2.24, 2.45) is 0 Å². The molecule has 114 valence electrons. The highest BCUT2D eigenvalue weighted by Crippen LogP contribution is 2.35. The number of ether oxygens (including phenoxy) is 1. The fraction of sp³-hybridized carbons (Fsp3) is 0.250. The summed E-state index contributed by atoms with van der Waals surface area (Å²) in [6.45, 7) is 4.07. The molecule has 22 heavy (non-hydrogen) atoms. The molecule has 2 rings (SSSR count). The Morgan fingerprint density at radius 1 is 1.41 bits per heavy atom. The molecule has 0 radical (unpaired) electrons. The van der Waals surface area contributed by atoms with Gasteiger partial charge in [0.15, 0.2) is 0 Å². The summed E-state index contributed by atoms with van der Waals surface area (Å²) in [5.41, 5.74) is 8.09. The summed E-state index contributed by atoms with van der Waals surface area (Å²) in [5, 5.41) is 9.64. The Balaban J connectivity index is 2.26. The minimum Gasteiger partial charge on any atom is -0.462 e. The summed E-state index contributed by atoms with van der Waals surface area (Å²) in [6, 6.07) is 10.2. The molecule has 1 heterocycles. The van der Waals surface area contributed by atoms with E-state index in [1.54, 1.807) is 18.7 Å². The Hall–Kier alpha value is -1.97. The number of nitrogens with two attached hydrogens (primary N) is 1. The molecule has 0 bridgehead atoms. The number of benzene rings is 1. The maximum absolute atomic E-state index is 12.0. The van der Waals surface area contributed by atoms with Gasteiger partial charge in [0.05, 0.1) is 12.2 Å². The van der Waals surface area contributed by atoms with Gasteiger partial charge < -0.3 is 10.5 Å². The largest absolute Gasteiger partial charge is 0.462 e. The Morgan fingerprint density at radius 2 is 2.09 bits per heavy atom. The van der Waals surface area contributed by atoms with E-state index in [-0.39, 0.29) is 0 Å². The van der Waals surface area contributed by atoms with Crippen LogP contribution in [0.25, 0.3) is 0 Å². The van der Waals surface area contributed by atoms with Gasteiger partial charge in [0.25, 0.3) is 0 Å². The van der Waals surface area contributed by atoms with Crippen LogP contribution in [0.2, 0.25) is 0 Å². The maximum atomic E-state index is 12.0. The van der Waals surface area contributed by atoms with Crippen LogP contribution in [0, 0.1) is 18.3 Å². The van der Waals surface area contributed by atoms with Crippen LogP contribution >= 0.6 is 23.1 Å². The molecule has 6 heteroatoms. The van der Waals surface area contributed by atoms with Crippen LogP contribution in [-0.2, 0) is 10.5 Å². The molecule has 1 aromatic heterocycles. The van der Waals surface area contributed by atoms with Crippen molar-refractivity contribution in [3.63, 3.8) is 0 Å². The molecule has 0 atom stereocenters. The first-order chi connectivity index (χ1) is 10.6. The molecule has 2 N–H and O–H groups in total. The standard InChI is InChI=1S/C16H16N2O2S2/c1-3-20-16(19)14-13(12(8-17)15(18)22-14)9-21-11-6-4-10(2)5-7-11/h4-7H,3,9,18H2,1-2H3. The summed E-state index contributed by atoms with van der Waals surface area (Å²) >= 11 is 2.69. The molecule has 2 aromatic rings. The molecule has 0 unspecified atom stereocenters. The zero-order valence-corrected chi connectivity index (χ0v) is 14.0. The molecule has 0 amide bonds. The van der Waals surface area contributed by atoms with Crippen LogP contribution < -0.4 is 5.73 Å². The summed E-state index contributed by atoms with van der Waals surface area (Å²) < 4.78 is 5.05. The number of thioether (sulfide) groups is 1. The first kappa shape index (κ1) is 16.4. The molecule has 0 aliphatic rings. The number of rotatable bonds is 5. The zero-order chi connectivity index (χ0) is 16.1. The van der Waals surface area contributed by atoms with Gasteiger partial charge in [0.2, 0.25) is 0 Å². The first-order valence-electron chi connectivity index (χ1n) is 6.74. The van der Waals surface area contributed by atoms with Crippen molar-refractivity contribution >= 4 is 34.1 Å². The quantitative estimate of drug-likeness (QED) is 0.662. The Morgan fingerprint density at radius 3 is 2.68 bits per heavy atom. The molecule has 0 aliphatic heterocycles. The predicted molar refractivity (Wildman–Crippen MR) is 90.1 cm³/mol. The Kier molecular flexibility index (Phi) is 5.47. The maximum Gasteiger partial charge on any atom is 0.348 e. The zero-order valence-electron chi connectivity index (χ0n) is 12.4. The van der Waals surface area contributed by atoms with Gasteiger partial charge in [0.1, 0.15) is 15.9 Å². The number of nitrogen functional groups attached to an aromatic ring is 1. The van der Waals surface area contributed by atoms with Crippen molar-refractivity contribution in [1.82, 2.24) is 0 Å². The molecular weight excluding hydrogens is 316 g/mol. The second-order valence-electron chi connectivity index (χ2n) is 4.58. The summed E-state index contributed by atoms with van der Waals surface area (Å²) in [7, 11) is 0. The monoisotopic (exact) mass is 332 g/mol. The number of carbonyl (C=O) groups excluding carboxylic acids is 1. The van der Waals surface area contributed by atoms with Gasteiger partial charge >= 0.3 is 5.97 Å². The Bertz CT molecular complexity index is 715. The number of hydrogen-bond donors (Lipinski definition) is 1. The number of hydrogen-bond acceptors (Lipinski definition) is 6. The first-order valence-corrected chi connectivity index (χ1v) is 8.54. The highest BCUT2D eigenvalue weighted by molar-refractivity contribution is 7.98. The van der Waals surface area contributed by atoms with Crippen LogP contribution in [0.15, 0.2) is 29.2 Å². The van der Waals surface area contributed by atoms with E-state index >= 15 is 0 Å². The fourth-order valence-corrected chi connectivity index (χ4v) is 3.85. The summed E-state index contributed by atoms with van der Waals surface area (Å²) in [4.78, 5) is 13.5. The summed E-state index contributed by atoms with van der Waals surface area (Å²) in [5.74, 6) is 0.0913. The molecule has 1 aromatic carbocycles.